The van der Waals surface area contributed by atoms with Gasteiger partial charge >= 0.3 is 0 Å². The van der Waals surface area contributed by atoms with E-state index in [-0.39, 0.29) is 5.56 Å². The molecule has 0 aliphatic carbocycles. The summed E-state index contributed by atoms with van der Waals surface area (Å²) < 4.78 is 7.57. The van der Waals surface area contributed by atoms with Crippen LogP contribution in [0.25, 0.3) is 27.8 Å². The second-order valence-corrected chi connectivity index (χ2v) is 7.79. The second kappa shape index (κ2) is 6.89. The zero-order valence-corrected chi connectivity index (χ0v) is 16.7. The number of aromatic nitrogens is 5. The molecule has 0 aliphatic rings. The highest BCUT2D eigenvalue weighted by Crippen LogP contribution is 2.26. The quantitative estimate of drug-likeness (QED) is 0.358. The number of para-hydroxylation sites is 1. The van der Waals surface area contributed by atoms with E-state index in [9.17, 15) is 4.79 Å². The van der Waals surface area contributed by atoms with Gasteiger partial charge < -0.3 is 9.40 Å². The van der Waals surface area contributed by atoms with Gasteiger partial charge in [0.1, 0.15) is 10.9 Å². The van der Waals surface area contributed by atoms with Crippen molar-refractivity contribution in [2.24, 2.45) is 0 Å². The van der Waals surface area contributed by atoms with Crippen molar-refractivity contribution in [1.29, 1.82) is 0 Å². The number of aromatic amines is 1. The van der Waals surface area contributed by atoms with E-state index in [1.165, 1.54) is 18.0 Å². The number of aryl methyl sites for hydroxylation is 2. The molecular weight excluding hydrogens is 386 g/mol. The van der Waals surface area contributed by atoms with Crippen LogP contribution < -0.4 is 5.56 Å². The van der Waals surface area contributed by atoms with E-state index in [1.54, 1.807) is 4.68 Å². The highest BCUT2D eigenvalue weighted by molar-refractivity contribution is 7.98. The number of benzene rings is 2. The molecule has 5 aromatic rings. The van der Waals surface area contributed by atoms with E-state index in [0.29, 0.717) is 27.8 Å². The van der Waals surface area contributed by atoms with E-state index in [1.807, 2.05) is 50.2 Å². The molecule has 0 atom stereocenters. The van der Waals surface area contributed by atoms with Gasteiger partial charge in [-0.25, -0.2) is 14.6 Å². The lowest BCUT2D eigenvalue weighted by Gasteiger charge is -2.03. The minimum atomic E-state index is -0.219. The Kier molecular flexibility index (Phi) is 4.21. The summed E-state index contributed by atoms with van der Waals surface area (Å²) in [7, 11) is 0. The van der Waals surface area contributed by atoms with Crippen LogP contribution in [0.3, 0.4) is 0 Å². The van der Waals surface area contributed by atoms with Gasteiger partial charge in [-0.2, -0.15) is 5.10 Å². The summed E-state index contributed by atoms with van der Waals surface area (Å²) in [5, 5.41) is 5.27. The van der Waals surface area contributed by atoms with Crippen LogP contribution in [-0.2, 0) is 5.75 Å². The van der Waals surface area contributed by atoms with Gasteiger partial charge in [-0.3, -0.25) is 4.79 Å². The second-order valence-electron chi connectivity index (χ2n) is 6.83. The van der Waals surface area contributed by atoms with Crippen LogP contribution in [0.1, 0.15) is 17.0 Å². The van der Waals surface area contributed by atoms with Crippen LogP contribution in [-0.4, -0.2) is 24.7 Å². The average Bonchev–Trinajstić information content (AvgIpc) is 3.31. The number of thioether (sulfide) groups is 1. The Morgan fingerprint density at radius 1 is 1.14 bits per heavy atom. The Balaban J connectivity index is 1.48. The number of rotatable bonds is 4. The van der Waals surface area contributed by atoms with Crippen LogP contribution in [0, 0.1) is 13.8 Å². The van der Waals surface area contributed by atoms with Crippen molar-refractivity contribution in [1.82, 2.24) is 24.7 Å². The van der Waals surface area contributed by atoms with Crippen molar-refractivity contribution < 1.29 is 4.42 Å². The topological polar surface area (TPSA) is 89.6 Å². The Morgan fingerprint density at radius 2 is 1.97 bits per heavy atom. The molecular formula is C21H17N5O2S. The molecule has 1 N–H and O–H groups in total. The summed E-state index contributed by atoms with van der Waals surface area (Å²) in [5.41, 5.74) is 5.00. The summed E-state index contributed by atoms with van der Waals surface area (Å²) >= 11 is 1.37. The summed E-state index contributed by atoms with van der Waals surface area (Å²) in [6, 6.07) is 13.7. The van der Waals surface area contributed by atoms with Crippen LogP contribution in [0.2, 0.25) is 0 Å². The predicted octanol–water partition coefficient (Wildman–Crippen LogP) is 4.16. The zero-order chi connectivity index (χ0) is 20.0. The van der Waals surface area contributed by atoms with Crippen molar-refractivity contribution >= 4 is 33.9 Å². The third-order valence-electron chi connectivity index (χ3n) is 4.61. The van der Waals surface area contributed by atoms with E-state index < -0.39 is 0 Å². The molecule has 7 nitrogen and oxygen atoms in total. The molecule has 0 radical (unpaired) electrons. The minimum absolute atomic E-state index is 0.219. The number of oxazole rings is 1. The predicted molar refractivity (Wildman–Crippen MR) is 113 cm³/mol. The van der Waals surface area contributed by atoms with E-state index in [4.69, 9.17) is 4.42 Å². The summed E-state index contributed by atoms with van der Waals surface area (Å²) in [4.78, 5) is 24.5. The van der Waals surface area contributed by atoms with Crippen LogP contribution in [0.5, 0.6) is 0 Å². The third-order valence-corrected chi connectivity index (χ3v) is 5.47. The summed E-state index contributed by atoms with van der Waals surface area (Å²) in [5.74, 6) is 1.05. The lowest BCUT2D eigenvalue weighted by molar-refractivity contribution is 0.554. The van der Waals surface area contributed by atoms with Crippen LogP contribution in [0.4, 0.5) is 0 Å². The van der Waals surface area contributed by atoms with Crippen LogP contribution in [0.15, 0.2) is 63.0 Å². The van der Waals surface area contributed by atoms with Crippen molar-refractivity contribution in [2.45, 2.75) is 24.8 Å². The number of fused-ring (bicyclic) bond motifs is 2. The molecule has 5 rings (SSSR count). The fourth-order valence-corrected chi connectivity index (χ4v) is 4.04. The van der Waals surface area contributed by atoms with E-state index in [0.717, 1.165) is 27.9 Å². The normalized spacial score (nSPS) is 11.5. The number of hydrogen-bond donors (Lipinski definition) is 1. The third kappa shape index (κ3) is 3.21. The first-order valence-electron chi connectivity index (χ1n) is 9.11. The monoisotopic (exact) mass is 403 g/mol. The fraction of sp³-hybridized carbons (Fsp3) is 0.143. The van der Waals surface area contributed by atoms with Crippen molar-refractivity contribution in [3.05, 3.63) is 76.0 Å². The molecule has 0 amide bonds. The fourth-order valence-electron chi connectivity index (χ4n) is 3.34. The maximum absolute atomic E-state index is 12.5. The average molecular weight is 403 g/mol. The van der Waals surface area contributed by atoms with Crippen molar-refractivity contribution in [3.63, 3.8) is 0 Å². The Bertz CT molecular complexity index is 1400. The Labute approximate surface area is 169 Å². The number of hydrogen-bond acceptors (Lipinski definition) is 6. The number of H-pyrrole nitrogens is 1. The van der Waals surface area contributed by atoms with Gasteiger partial charge in [-0.1, -0.05) is 36.0 Å². The maximum Gasteiger partial charge on any atom is 0.262 e. The molecule has 0 aliphatic heterocycles. The molecule has 0 spiro atoms. The van der Waals surface area contributed by atoms with Gasteiger partial charge in [0.2, 0.25) is 5.89 Å². The minimum Gasteiger partial charge on any atom is -0.439 e. The molecule has 144 valence electrons. The highest BCUT2D eigenvalue weighted by Gasteiger charge is 2.14. The first-order chi connectivity index (χ1) is 14.1. The lowest BCUT2D eigenvalue weighted by Crippen LogP contribution is -2.09. The van der Waals surface area contributed by atoms with Gasteiger partial charge in [0, 0.05) is 0 Å². The molecule has 3 aromatic heterocycles. The van der Waals surface area contributed by atoms with Crippen molar-refractivity contribution in [3.8, 4) is 5.69 Å². The molecule has 3 heterocycles. The van der Waals surface area contributed by atoms with E-state index >= 15 is 0 Å². The summed E-state index contributed by atoms with van der Waals surface area (Å²) in [6.45, 7) is 4.05. The first-order valence-corrected chi connectivity index (χ1v) is 10.1. The number of nitrogens with zero attached hydrogens (tertiary/aromatic N) is 4. The molecule has 8 heteroatoms. The van der Waals surface area contributed by atoms with Crippen LogP contribution >= 0.6 is 11.8 Å². The zero-order valence-electron chi connectivity index (χ0n) is 15.8. The molecule has 0 fully saturated rings. The Morgan fingerprint density at radius 3 is 2.79 bits per heavy atom. The van der Waals surface area contributed by atoms with Crippen molar-refractivity contribution in [2.75, 3.05) is 0 Å². The molecule has 2 aromatic carbocycles. The smallest absolute Gasteiger partial charge is 0.262 e. The Hall–Kier alpha value is -3.39. The number of nitrogens with one attached hydrogen (secondary N) is 1. The van der Waals surface area contributed by atoms with Gasteiger partial charge in [-0.15, -0.1) is 0 Å². The first kappa shape index (κ1) is 17.7. The molecule has 0 saturated carbocycles. The van der Waals surface area contributed by atoms with Gasteiger partial charge in [0.15, 0.2) is 16.4 Å². The van der Waals surface area contributed by atoms with E-state index in [2.05, 4.69) is 26.1 Å². The molecule has 0 bridgehead atoms. The summed E-state index contributed by atoms with van der Waals surface area (Å²) in [6.07, 6.45) is 1.54. The highest BCUT2D eigenvalue weighted by atomic mass is 32.2. The lowest BCUT2D eigenvalue weighted by atomic mass is 10.1. The van der Waals surface area contributed by atoms with Gasteiger partial charge in [0.25, 0.3) is 5.56 Å². The SMILES string of the molecule is Cc1cc(C)c2oc(CSc3nc4c(cnn4-c4ccccc4)c(=O)[nH]3)nc2c1. The largest absolute Gasteiger partial charge is 0.439 e. The van der Waals surface area contributed by atoms with Gasteiger partial charge in [0.05, 0.1) is 17.6 Å². The van der Waals surface area contributed by atoms with Gasteiger partial charge in [-0.05, 0) is 43.2 Å². The molecule has 0 unspecified atom stereocenters. The molecule has 29 heavy (non-hydrogen) atoms. The standard InChI is InChI=1S/C21H17N5O2S/c1-12-8-13(2)18-16(9-12)23-17(28-18)11-29-21-24-19-15(20(27)25-21)10-22-26(19)14-6-4-3-5-7-14/h3-10H,11H2,1-2H3,(H,24,25,27). The maximum atomic E-state index is 12.5. The molecule has 0 saturated heterocycles.